The number of hydrogen-bond donors (Lipinski definition) is 1. The Morgan fingerprint density at radius 2 is 1.50 bits per heavy atom. The fraction of sp³-hybridized carbons (Fsp3) is 0.933. The number of carbonyl (C=O) groups excluding carboxylic acids is 1. The average molecular weight is 393 g/mol. The number of aliphatic hydroxyl groups is 1. The second-order valence-electron chi connectivity index (χ2n) is 5.61. The summed E-state index contributed by atoms with van der Waals surface area (Å²) in [6.45, 7) is 1.10. The molecule has 0 aromatic carbocycles. The summed E-state index contributed by atoms with van der Waals surface area (Å²) in [6.07, 6.45) is 9.25. The van der Waals surface area contributed by atoms with Crippen molar-refractivity contribution in [2.45, 2.75) is 77.2 Å². The first-order chi connectivity index (χ1) is 10.8. The summed E-state index contributed by atoms with van der Waals surface area (Å²) in [4.78, 5) is 11.4. The quantitative estimate of drug-likeness (QED) is 0.129. The van der Waals surface area contributed by atoms with Crippen molar-refractivity contribution in [3.05, 3.63) is 0 Å². The Hall–Kier alpha value is 0.936. The van der Waals surface area contributed by atoms with Crippen LogP contribution in [0.15, 0.2) is 0 Å². The molecule has 24 heavy (non-hydrogen) atoms. The molecule has 7 nitrogen and oxygen atoms in total. The van der Waals surface area contributed by atoms with Crippen LogP contribution in [0.4, 0.5) is 0 Å². The van der Waals surface area contributed by atoms with E-state index in [2.05, 4.69) is 11.1 Å². The molecule has 0 aliphatic carbocycles. The van der Waals surface area contributed by atoms with Crippen LogP contribution in [0.5, 0.6) is 0 Å². The smallest absolute Gasteiger partial charge is 0.726 e. The standard InChI is InChI=1S/C15H30O7S.K/c1-2-3-4-5-6-7-8-9-10-11-15(17)21-12-14(16)13-22-23(18,19)20;/h14,16H,2-13H2,1H3,(H,18,19,20);/q;+1/p-1. The summed E-state index contributed by atoms with van der Waals surface area (Å²) in [5, 5.41) is 9.29. The Morgan fingerprint density at radius 3 is 2.00 bits per heavy atom. The summed E-state index contributed by atoms with van der Waals surface area (Å²) in [7, 11) is -4.84. The third kappa shape index (κ3) is 21.0. The zero-order valence-corrected chi connectivity index (χ0v) is 18.8. The Kier molecular flexibility index (Phi) is 19.6. The second kappa shape index (κ2) is 17.4. The maximum atomic E-state index is 11.4. The number of ether oxygens (including phenoxy) is 1. The van der Waals surface area contributed by atoms with Gasteiger partial charge in [0.15, 0.2) is 0 Å². The van der Waals surface area contributed by atoms with Gasteiger partial charge in [-0.15, -0.1) is 0 Å². The van der Waals surface area contributed by atoms with Gasteiger partial charge in [-0.25, -0.2) is 8.42 Å². The molecule has 0 aliphatic heterocycles. The molecule has 0 saturated carbocycles. The first-order valence-corrected chi connectivity index (χ1v) is 9.62. The minimum atomic E-state index is -4.84. The Balaban J connectivity index is 0. The first kappa shape index (κ1) is 27.2. The van der Waals surface area contributed by atoms with E-state index in [1.54, 1.807) is 0 Å². The molecule has 1 unspecified atom stereocenters. The summed E-state index contributed by atoms with van der Waals surface area (Å²) in [5.41, 5.74) is 0. The van der Waals surface area contributed by atoms with Gasteiger partial charge < -0.3 is 14.4 Å². The summed E-state index contributed by atoms with van der Waals surface area (Å²) in [5.74, 6) is -0.447. The molecule has 0 radical (unpaired) electrons. The van der Waals surface area contributed by atoms with Gasteiger partial charge in [-0.1, -0.05) is 58.3 Å². The van der Waals surface area contributed by atoms with Crippen LogP contribution in [0.1, 0.15) is 71.1 Å². The predicted molar refractivity (Wildman–Crippen MR) is 84.5 cm³/mol. The fourth-order valence-electron chi connectivity index (χ4n) is 2.05. The largest absolute Gasteiger partial charge is 1.00 e. The summed E-state index contributed by atoms with van der Waals surface area (Å²) >= 11 is 0. The van der Waals surface area contributed by atoms with Gasteiger partial charge in [0, 0.05) is 6.42 Å². The van der Waals surface area contributed by atoms with Gasteiger partial charge >= 0.3 is 57.4 Å². The maximum Gasteiger partial charge on any atom is 1.00 e. The van der Waals surface area contributed by atoms with Gasteiger partial charge in [0.25, 0.3) is 0 Å². The molecule has 1 atom stereocenters. The Labute approximate surface area is 188 Å². The number of rotatable bonds is 15. The van der Waals surface area contributed by atoms with Crippen LogP contribution in [-0.4, -0.2) is 43.4 Å². The third-order valence-electron chi connectivity index (χ3n) is 3.33. The van der Waals surface area contributed by atoms with Crippen molar-refractivity contribution < 1.29 is 83.2 Å². The van der Waals surface area contributed by atoms with Crippen LogP contribution in [0.3, 0.4) is 0 Å². The van der Waals surface area contributed by atoms with Crippen molar-refractivity contribution in [3.8, 4) is 0 Å². The molecule has 0 aliphatic rings. The van der Waals surface area contributed by atoms with E-state index in [4.69, 9.17) is 4.74 Å². The molecule has 0 bridgehead atoms. The minimum Gasteiger partial charge on any atom is -0.726 e. The van der Waals surface area contributed by atoms with Crippen molar-refractivity contribution in [2.75, 3.05) is 13.2 Å². The normalized spacial score (nSPS) is 12.5. The van der Waals surface area contributed by atoms with E-state index in [1.807, 2.05) is 0 Å². The van der Waals surface area contributed by atoms with E-state index in [0.717, 1.165) is 19.3 Å². The molecule has 0 saturated heterocycles. The van der Waals surface area contributed by atoms with Crippen molar-refractivity contribution in [1.82, 2.24) is 0 Å². The van der Waals surface area contributed by atoms with Crippen LogP contribution >= 0.6 is 0 Å². The predicted octanol–water partition coefficient (Wildman–Crippen LogP) is -0.708. The zero-order chi connectivity index (χ0) is 17.6. The van der Waals surface area contributed by atoms with Crippen molar-refractivity contribution >= 4 is 16.4 Å². The molecular weight excluding hydrogens is 363 g/mol. The van der Waals surface area contributed by atoms with Gasteiger partial charge in [0.1, 0.15) is 12.7 Å². The Bertz CT molecular complexity index is 401. The van der Waals surface area contributed by atoms with Crippen LogP contribution in [0.25, 0.3) is 0 Å². The fourth-order valence-corrected chi connectivity index (χ4v) is 2.38. The third-order valence-corrected chi connectivity index (χ3v) is 3.75. The van der Waals surface area contributed by atoms with Crippen LogP contribution in [0, 0.1) is 0 Å². The van der Waals surface area contributed by atoms with E-state index in [9.17, 15) is 22.9 Å². The first-order valence-electron chi connectivity index (χ1n) is 8.29. The molecule has 0 spiro atoms. The molecule has 9 heteroatoms. The van der Waals surface area contributed by atoms with Gasteiger partial charge in [0.2, 0.25) is 10.4 Å². The van der Waals surface area contributed by atoms with Crippen LogP contribution in [-0.2, 0) is 24.1 Å². The van der Waals surface area contributed by atoms with Crippen molar-refractivity contribution in [2.24, 2.45) is 0 Å². The molecule has 0 aromatic rings. The molecule has 0 aromatic heterocycles. The molecule has 1 N–H and O–H groups in total. The summed E-state index contributed by atoms with van der Waals surface area (Å²) in [6, 6.07) is 0. The molecule has 0 rings (SSSR count). The number of carbonyl (C=O) groups is 1. The Morgan fingerprint density at radius 1 is 1.00 bits per heavy atom. The van der Waals surface area contributed by atoms with E-state index < -0.39 is 29.1 Å². The molecule has 0 amide bonds. The molecule has 0 heterocycles. The molecule has 138 valence electrons. The van der Waals surface area contributed by atoms with Gasteiger partial charge in [-0.3, -0.25) is 8.98 Å². The number of hydrogen-bond acceptors (Lipinski definition) is 7. The minimum absolute atomic E-state index is 0. The maximum absolute atomic E-state index is 11.4. The van der Waals surface area contributed by atoms with Crippen LogP contribution < -0.4 is 51.4 Å². The second-order valence-corrected chi connectivity index (χ2v) is 6.66. The van der Waals surface area contributed by atoms with Crippen LogP contribution in [0.2, 0.25) is 0 Å². The van der Waals surface area contributed by atoms with E-state index in [-0.39, 0.29) is 64.4 Å². The SMILES string of the molecule is CCCCCCCCCCCC(=O)OCC(O)COS(=O)(=O)[O-].[K+]. The van der Waals surface area contributed by atoms with E-state index in [1.165, 1.54) is 38.5 Å². The number of aliphatic hydroxyl groups excluding tert-OH is 1. The monoisotopic (exact) mass is 392 g/mol. The molecular formula is C15H29KO7S. The van der Waals surface area contributed by atoms with E-state index >= 15 is 0 Å². The zero-order valence-electron chi connectivity index (χ0n) is 14.9. The van der Waals surface area contributed by atoms with E-state index in [0.29, 0.717) is 0 Å². The topological polar surface area (TPSA) is 113 Å². The van der Waals surface area contributed by atoms with Crippen molar-refractivity contribution in [3.63, 3.8) is 0 Å². The summed E-state index contributed by atoms with van der Waals surface area (Å²) < 4.78 is 39.2. The van der Waals surface area contributed by atoms with Gasteiger partial charge in [0.05, 0.1) is 6.61 Å². The van der Waals surface area contributed by atoms with Gasteiger partial charge in [-0.2, -0.15) is 0 Å². The number of unbranched alkanes of at least 4 members (excludes halogenated alkanes) is 8. The average Bonchev–Trinajstić information content (AvgIpc) is 2.48. The van der Waals surface area contributed by atoms with Gasteiger partial charge in [-0.05, 0) is 6.42 Å². The van der Waals surface area contributed by atoms with Crippen molar-refractivity contribution in [1.29, 1.82) is 0 Å². The molecule has 0 fully saturated rings. The number of esters is 1.